The van der Waals surface area contributed by atoms with Crippen LogP contribution in [0.15, 0.2) is 22.7 Å². The molecule has 1 saturated heterocycles. The van der Waals surface area contributed by atoms with Gasteiger partial charge in [-0.2, -0.15) is 0 Å². The van der Waals surface area contributed by atoms with Crippen LogP contribution in [0.25, 0.3) is 0 Å². The molecular weight excluding hydrogens is 340 g/mol. The molecule has 1 aromatic rings. The second-order valence-electron chi connectivity index (χ2n) is 4.03. The zero-order chi connectivity index (χ0) is 13.1. The fourth-order valence-electron chi connectivity index (χ4n) is 1.87. The van der Waals surface area contributed by atoms with Gasteiger partial charge in [0, 0.05) is 13.0 Å². The van der Waals surface area contributed by atoms with Crippen LogP contribution in [0.5, 0.6) is 5.75 Å². The monoisotopic (exact) mass is 353 g/mol. The van der Waals surface area contributed by atoms with E-state index >= 15 is 0 Å². The van der Waals surface area contributed by atoms with Crippen molar-refractivity contribution in [2.45, 2.75) is 18.6 Å². The zero-order valence-electron chi connectivity index (χ0n) is 10.2. The summed E-state index contributed by atoms with van der Waals surface area (Å²) >= 11 is 3.24. The molecule has 0 unspecified atom stereocenters. The highest BCUT2D eigenvalue weighted by molar-refractivity contribution is 9.10. The molecule has 106 valence electrons. The lowest BCUT2D eigenvalue weighted by Crippen LogP contribution is -2.31. The first-order chi connectivity index (χ1) is 8.60. The largest absolute Gasteiger partial charge is 0.488 e. The second kappa shape index (κ2) is 7.07. The van der Waals surface area contributed by atoms with Crippen molar-refractivity contribution < 1.29 is 18.7 Å². The van der Waals surface area contributed by atoms with Gasteiger partial charge >= 0.3 is 5.97 Å². The summed E-state index contributed by atoms with van der Waals surface area (Å²) in [6, 6.07) is 3.90. The molecule has 1 fully saturated rings. The molecule has 0 radical (unpaired) electrons. The number of hydrogen-bond acceptors (Lipinski definition) is 4. The highest BCUT2D eigenvalue weighted by Crippen LogP contribution is 2.27. The normalized spacial score (nSPS) is 21.6. The van der Waals surface area contributed by atoms with Crippen molar-refractivity contribution in [1.82, 2.24) is 5.32 Å². The van der Waals surface area contributed by atoms with Crippen molar-refractivity contribution in [3.63, 3.8) is 0 Å². The molecule has 0 aromatic heterocycles. The maximum Gasteiger partial charge on any atom is 0.323 e. The predicted octanol–water partition coefficient (Wildman–Crippen LogP) is 2.29. The Hall–Kier alpha value is -0.850. The van der Waals surface area contributed by atoms with Gasteiger partial charge in [0.2, 0.25) is 0 Å². The first-order valence-corrected chi connectivity index (χ1v) is 6.32. The van der Waals surface area contributed by atoms with E-state index < -0.39 is 0 Å². The van der Waals surface area contributed by atoms with Crippen LogP contribution in [-0.2, 0) is 9.53 Å². The zero-order valence-corrected chi connectivity index (χ0v) is 12.6. The molecule has 1 aromatic carbocycles. The van der Waals surface area contributed by atoms with Crippen molar-refractivity contribution in [2.24, 2.45) is 0 Å². The van der Waals surface area contributed by atoms with Crippen LogP contribution < -0.4 is 10.1 Å². The molecule has 4 nitrogen and oxygen atoms in total. The van der Waals surface area contributed by atoms with E-state index in [1.807, 2.05) is 0 Å². The van der Waals surface area contributed by atoms with E-state index in [1.165, 1.54) is 19.2 Å². The Morgan fingerprint density at radius 1 is 1.53 bits per heavy atom. The fraction of sp³-hybridized carbons (Fsp3) is 0.417. The number of benzene rings is 1. The van der Waals surface area contributed by atoms with Gasteiger partial charge in [-0.3, -0.25) is 4.79 Å². The number of ether oxygens (including phenoxy) is 2. The molecule has 1 aliphatic rings. The molecule has 0 aliphatic carbocycles. The van der Waals surface area contributed by atoms with E-state index in [1.54, 1.807) is 6.07 Å². The highest BCUT2D eigenvalue weighted by atomic mass is 79.9. The molecular formula is C12H14BrClFNO3. The molecule has 7 heteroatoms. The standard InChI is InChI=1S/C12H13BrFNO3.ClH/c1-17-12(16)10-5-8(6-15-10)18-11-3-2-7(14)4-9(11)13;/h2-4,8,10,15H,5-6H2,1H3;1H/t8-,10-;/m0./s1. The van der Waals surface area contributed by atoms with Crippen LogP contribution in [0.3, 0.4) is 0 Å². The molecule has 0 amide bonds. The minimum absolute atomic E-state index is 0. The summed E-state index contributed by atoms with van der Waals surface area (Å²) in [7, 11) is 1.36. The van der Waals surface area contributed by atoms with Crippen molar-refractivity contribution in [3.05, 3.63) is 28.5 Å². The minimum atomic E-state index is -0.334. The lowest BCUT2D eigenvalue weighted by molar-refractivity contribution is -0.142. The van der Waals surface area contributed by atoms with E-state index in [0.29, 0.717) is 23.2 Å². The Bertz CT molecular complexity index is 461. The molecule has 19 heavy (non-hydrogen) atoms. The van der Waals surface area contributed by atoms with Gasteiger partial charge in [0.25, 0.3) is 0 Å². The lowest BCUT2D eigenvalue weighted by atomic mass is 10.2. The topological polar surface area (TPSA) is 47.6 Å². The first kappa shape index (κ1) is 16.2. The van der Waals surface area contributed by atoms with E-state index in [2.05, 4.69) is 26.0 Å². The number of rotatable bonds is 3. The van der Waals surface area contributed by atoms with Crippen molar-refractivity contribution in [2.75, 3.05) is 13.7 Å². The summed E-state index contributed by atoms with van der Waals surface area (Å²) in [6.45, 7) is 0.559. The summed E-state index contributed by atoms with van der Waals surface area (Å²) in [6.07, 6.45) is 0.409. The Morgan fingerprint density at radius 3 is 2.89 bits per heavy atom. The maximum absolute atomic E-state index is 12.9. The summed E-state index contributed by atoms with van der Waals surface area (Å²) in [5.74, 6) is -0.0563. The van der Waals surface area contributed by atoms with Crippen LogP contribution in [0.1, 0.15) is 6.42 Å². The number of methoxy groups -OCH3 is 1. The van der Waals surface area contributed by atoms with E-state index in [9.17, 15) is 9.18 Å². The van der Waals surface area contributed by atoms with Gasteiger partial charge in [-0.1, -0.05) is 0 Å². The molecule has 2 atom stereocenters. The average Bonchev–Trinajstić information content (AvgIpc) is 2.80. The van der Waals surface area contributed by atoms with Gasteiger partial charge in [0.1, 0.15) is 23.7 Å². The number of hydrogen-bond donors (Lipinski definition) is 1. The summed E-state index contributed by atoms with van der Waals surface area (Å²) < 4.78 is 23.8. The Kier molecular flexibility index (Phi) is 6.03. The van der Waals surface area contributed by atoms with E-state index in [-0.39, 0.29) is 36.3 Å². The van der Waals surface area contributed by atoms with Gasteiger partial charge in [-0.15, -0.1) is 12.4 Å². The highest BCUT2D eigenvalue weighted by Gasteiger charge is 2.31. The van der Waals surface area contributed by atoms with Crippen LogP contribution in [-0.4, -0.2) is 31.8 Å². The van der Waals surface area contributed by atoms with Crippen LogP contribution in [0.4, 0.5) is 4.39 Å². The van der Waals surface area contributed by atoms with Crippen LogP contribution >= 0.6 is 28.3 Å². The number of halogens is 3. The molecule has 0 bridgehead atoms. The Labute approximate surface area is 125 Å². The SMILES string of the molecule is COC(=O)[C@@H]1C[C@H](Oc2ccc(F)cc2Br)CN1.Cl. The quantitative estimate of drug-likeness (QED) is 0.846. The average molecular weight is 355 g/mol. The predicted molar refractivity (Wildman–Crippen MR) is 74.2 cm³/mol. The molecule has 0 saturated carbocycles. The van der Waals surface area contributed by atoms with E-state index in [4.69, 9.17) is 4.74 Å². The van der Waals surface area contributed by atoms with Crippen LogP contribution in [0, 0.1) is 5.82 Å². The number of esters is 1. The molecule has 1 aliphatic heterocycles. The van der Waals surface area contributed by atoms with Gasteiger partial charge in [0.05, 0.1) is 11.6 Å². The van der Waals surface area contributed by atoms with Gasteiger partial charge in [-0.25, -0.2) is 4.39 Å². The van der Waals surface area contributed by atoms with Gasteiger partial charge in [-0.05, 0) is 34.1 Å². The smallest absolute Gasteiger partial charge is 0.323 e. The maximum atomic E-state index is 12.9. The molecule has 1 heterocycles. The third-order valence-electron chi connectivity index (χ3n) is 2.76. The fourth-order valence-corrected chi connectivity index (χ4v) is 2.31. The first-order valence-electron chi connectivity index (χ1n) is 5.53. The van der Waals surface area contributed by atoms with Crippen molar-refractivity contribution >= 4 is 34.3 Å². The van der Waals surface area contributed by atoms with Crippen LogP contribution in [0.2, 0.25) is 0 Å². The second-order valence-corrected chi connectivity index (χ2v) is 4.89. The number of carbonyl (C=O) groups excluding carboxylic acids is 1. The van der Waals surface area contributed by atoms with Gasteiger partial charge < -0.3 is 14.8 Å². The summed E-state index contributed by atoms with van der Waals surface area (Å²) in [4.78, 5) is 11.3. The van der Waals surface area contributed by atoms with E-state index in [0.717, 1.165) is 0 Å². The van der Waals surface area contributed by atoms with Crippen molar-refractivity contribution in [3.8, 4) is 5.75 Å². The summed E-state index contributed by atoms with van der Waals surface area (Å²) in [5.41, 5.74) is 0. The minimum Gasteiger partial charge on any atom is -0.488 e. The third kappa shape index (κ3) is 4.06. The molecule has 0 spiro atoms. The number of nitrogens with one attached hydrogen (secondary N) is 1. The number of carbonyl (C=O) groups is 1. The molecule has 2 rings (SSSR count). The summed E-state index contributed by atoms with van der Waals surface area (Å²) in [5, 5.41) is 3.02. The Morgan fingerprint density at radius 2 is 2.26 bits per heavy atom. The van der Waals surface area contributed by atoms with Crippen molar-refractivity contribution in [1.29, 1.82) is 0 Å². The lowest BCUT2D eigenvalue weighted by Gasteiger charge is -2.14. The van der Waals surface area contributed by atoms with Gasteiger partial charge in [0.15, 0.2) is 0 Å². The third-order valence-corrected chi connectivity index (χ3v) is 3.38. The Balaban J connectivity index is 0.00000180. The molecule has 1 N–H and O–H groups in total.